The molecule has 0 heterocycles. The van der Waals surface area contributed by atoms with Crippen LogP contribution in [0, 0.1) is 11.3 Å². The minimum atomic E-state index is 0.309. The van der Waals surface area contributed by atoms with E-state index in [0.717, 1.165) is 18.8 Å². The molecule has 0 radical (unpaired) electrons. The molecule has 14 heavy (non-hydrogen) atoms. The van der Waals surface area contributed by atoms with Gasteiger partial charge in [0.1, 0.15) is 0 Å². The van der Waals surface area contributed by atoms with Gasteiger partial charge in [-0.05, 0) is 24.7 Å². The van der Waals surface area contributed by atoms with E-state index in [1.807, 2.05) is 0 Å². The van der Waals surface area contributed by atoms with Crippen molar-refractivity contribution in [3.05, 3.63) is 0 Å². The number of amidine groups is 1. The molecule has 0 unspecified atom stereocenters. The van der Waals surface area contributed by atoms with Crippen LogP contribution in [0.4, 0.5) is 0 Å². The zero-order valence-corrected chi connectivity index (χ0v) is 9.84. The number of rotatable bonds is 4. The largest absolute Gasteiger partial charge is 0.387 e. The Balaban J connectivity index is 2.43. The number of aliphatic imine (C=N–C) groups is 1. The molecule has 1 aliphatic rings. The Morgan fingerprint density at radius 3 is 2.43 bits per heavy atom. The average Bonchev–Trinajstić information content (AvgIpc) is 2.67. The molecule has 2 heteroatoms. The smallest absolute Gasteiger partial charge is 0.0968 e. The SMILES string of the molecule is CCC(C)(C)CN=C(N)C1CCCC1. The van der Waals surface area contributed by atoms with E-state index in [4.69, 9.17) is 5.73 Å². The van der Waals surface area contributed by atoms with Crippen molar-refractivity contribution in [2.75, 3.05) is 6.54 Å². The first-order valence-corrected chi connectivity index (χ1v) is 5.85. The minimum absolute atomic E-state index is 0.309. The predicted molar refractivity (Wildman–Crippen MR) is 62.5 cm³/mol. The summed E-state index contributed by atoms with van der Waals surface area (Å²) >= 11 is 0. The molecular weight excluding hydrogens is 172 g/mol. The van der Waals surface area contributed by atoms with Crippen LogP contribution < -0.4 is 5.73 Å². The summed E-state index contributed by atoms with van der Waals surface area (Å²) in [5.74, 6) is 1.49. The number of hydrogen-bond donors (Lipinski definition) is 1. The van der Waals surface area contributed by atoms with Crippen LogP contribution in [-0.2, 0) is 0 Å². The lowest BCUT2D eigenvalue weighted by Gasteiger charge is -2.20. The van der Waals surface area contributed by atoms with Gasteiger partial charge >= 0.3 is 0 Å². The third kappa shape index (κ3) is 3.32. The summed E-state index contributed by atoms with van der Waals surface area (Å²) in [7, 11) is 0. The molecule has 0 aromatic rings. The Bertz CT molecular complexity index is 200. The molecule has 1 saturated carbocycles. The summed E-state index contributed by atoms with van der Waals surface area (Å²) in [6.45, 7) is 7.59. The fraction of sp³-hybridized carbons (Fsp3) is 0.917. The summed E-state index contributed by atoms with van der Waals surface area (Å²) in [4.78, 5) is 4.54. The van der Waals surface area contributed by atoms with Crippen LogP contribution in [0.2, 0.25) is 0 Å². The van der Waals surface area contributed by atoms with Gasteiger partial charge in [0.2, 0.25) is 0 Å². The first-order valence-electron chi connectivity index (χ1n) is 5.85. The van der Waals surface area contributed by atoms with E-state index in [0.29, 0.717) is 11.3 Å². The van der Waals surface area contributed by atoms with E-state index < -0.39 is 0 Å². The van der Waals surface area contributed by atoms with Crippen LogP contribution in [0.25, 0.3) is 0 Å². The number of nitrogens with two attached hydrogens (primary N) is 1. The van der Waals surface area contributed by atoms with Crippen molar-refractivity contribution in [1.82, 2.24) is 0 Å². The highest BCUT2D eigenvalue weighted by molar-refractivity contribution is 5.83. The molecule has 0 amide bonds. The van der Waals surface area contributed by atoms with Crippen molar-refractivity contribution in [2.45, 2.75) is 52.9 Å². The summed E-state index contributed by atoms with van der Waals surface area (Å²) < 4.78 is 0. The van der Waals surface area contributed by atoms with Crippen LogP contribution in [0.1, 0.15) is 52.9 Å². The normalized spacial score (nSPS) is 20.4. The van der Waals surface area contributed by atoms with Gasteiger partial charge in [0.15, 0.2) is 0 Å². The second-order valence-electron chi connectivity index (χ2n) is 5.24. The lowest BCUT2D eigenvalue weighted by Crippen LogP contribution is -2.24. The van der Waals surface area contributed by atoms with Crippen LogP contribution in [0.3, 0.4) is 0 Å². The molecule has 0 aromatic carbocycles. The molecule has 0 aromatic heterocycles. The highest BCUT2D eigenvalue weighted by Crippen LogP contribution is 2.26. The zero-order chi connectivity index (χ0) is 10.6. The first kappa shape index (κ1) is 11.5. The van der Waals surface area contributed by atoms with Gasteiger partial charge in [0.05, 0.1) is 5.84 Å². The molecule has 2 N–H and O–H groups in total. The van der Waals surface area contributed by atoms with Gasteiger partial charge < -0.3 is 5.73 Å². The lowest BCUT2D eigenvalue weighted by molar-refractivity contribution is 0.365. The Kier molecular flexibility index (Phi) is 3.97. The van der Waals surface area contributed by atoms with E-state index in [1.54, 1.807) is 0 Å². The van der Waals surface area contributed by atoms with Crippen molar-refractivity contribution in [3.8, 4) is 0 Å². The van der Waals surface area contributed by atoms with E-state index in [9.17, 15) is 0 Å². The minimum Gasteiger partial charge on any atom is -0.387 e. The summed E-state index contributed by atoms with van der Waals surface area (Å²) in [5.41, 5.74) is 6.30. The van der Waals surface area contributed by atoms with Crippen molar-refractivity contribution in [1.29, 1.82) is 0 Å². The fourth-order valence-corrected chi connectivity index (χ4v) is 1.77. The lowest BCUT2D eigenvalue weighted by atomic mass is 9.90. The van der Waals surface area contributed by atoms with Crippen LogP contribution >= 0.6 is 0 Å². The molecular formula is C12H24N2. The molecule has 1 fully saturated rings. The molecule has 2 nitrogen and oxygen atoms in total. The number of hydrogen-bond acceptors (Lipinski definition) is 1. The highest BCUT2D eigenvalue weighted by Gasteiger charge is 2.20. The van der Waals surface area contributed by atoms with Crippen LogP contribution in [0.15, 0.2) is 4.99 Å². The van der Waals surface area contributed by atoms with Crippen molar-refractivity contribution in [2.24, 2.45) is 22.1 Å². The van der Waals surface area contributed by atoms with Crippen molar-refractivity contribution < 1.29 is 0 Å². The van der Waals surface area contributed by atoms with E-state index in [2.05, 4.69) is 25.8 Å². The first-order chi connectivity index (χ1) is 6.55. The van der Waals surface area contributed by atoms with Gasteiger partial charge in [-0.15, -0.1) is 0 Å². The molecule has 0 spiro atoms. The van der Waals surface area contributed by atoms with Gasteiger partial charge in [-0.3, -0.25) is 4.99 Å². The standard InChI is InChI=1S/C12H24N2/c1-4-12(2,3)9-14-11(13)10-7-5-6-8-10/h10H,4-9H2,1-3H3,(H2,13,14). The van der Waals surface area contributed by atoms with Gasteiger partial charge in [0, 0.05) is 12.5 Å². The monoisotopic (exact) mass is 196 g/mol. The maximum absolute atomic E-state index is 5.99. The van der Waals surface area contributed by atoms with E-state index >= 15 is 0 Å². The Morgan fingerprint density at radius 2 is 1.93 bits per heavy atom. The van der Waals surface area contributed by atoms with E-state index in [1.165, 1.54) is 25.7 Å². The van der Waals surface area contributed by atoms with Crippen molar-refractivity contribution >= 4 is 5.84 Å². The van der Waals surface area contributed by atoms with Crippen LogP contribution in [0.5, 0.6) is 0 Å². The predicted octanol–water partition coefficient (Wildman–Crippen LogP) is 2.97. The summed E-state index contributed by atoms with van der Waals surface area (Å²) in [5, 5.41) is 0. The molecule has 82 valence electrons. The third-order valence-corrected chi connectivity index (χ3v) is 3.42. The van der Waals surface area contributed by atoms with E-state index in [-0.39, 0.29) is 0 Å². The Labute approximate surface area is 88.0 Å². The molecule has 0 saturated heterocycles. The second-order valence-corrected chi connectivity index (χ2v) is 5.24. The highest BCUT2D eigenvalue weighted by atomic mass is 14.9. The van der Waals surface area contributed by atoms with Gasteiger partial charge in [-0.2, -0.15) is 0 Å². The van der Waals surface area contributed by atoms with Crippen LogP contribution in [-0.4, -0.2) is 12.4 Å². The van der Waals surface area contributed by atoms with Gasteiger partial charge in [-0.1, -0.05) is 33.6 Å². The Morgan fingerprint density at radius 1 is 1.36 bits per heavy atom. The molecule has 1 aliphatic carbocycles. The topological polar surface area (TPSA) is 38.4 Å². The second kappa shape index (κ2) is 4.81. The summed E-state index contributed by atoms with van der Waals surface area (Å²) in [6, 6.07) is 0. The molecule has 0 atom stereocenters. The third-order valence-electron chi connectivity index (χ3n) is 3.42. The Hall–Kier alpha value is -0.530. The molecule has 0 aliphatic heterocycles. The van der Waals surface area contributed by atoms with Gasteiger partial charge in [0.25, 0.3) is 0 Å². The maximum atomic E-state index is 5.99. The quantitative estimate of drug-likeness (QED) is 0.545. The fourth-order valence-electron chi connectivity index (χ4n) is 1.77. The zero-order valence-electron chi connectivity index (χ0n) is 9.84. The number of nitrogens with zero attached hydrogens (tertiary/aromatic N) is 1. The van der Waals surface area contributed by atoms with Crippen molar-refractivity contribution in [3.63, 3.8) is 0 Å². The molecule has 1 rings (SSSR count). The summed E-state index contributed by atoms with van der Waals surface area (Å²) in [6.07, 6.45) is 6.33. The average molecular weight is 196 g/mol. The molecule has 0 bridgehead atoms. The van der Waals surface area contributed by atoms with Gasteiger partial charge in [-0.25, -0.2) is 0 Å². The maximum Gasteiger partial charge on any atom is 0.0968 e.